The van der Waals surface area contributed by atoms with Gasteiger partial charge in [0.2, 0.25) is 5.91 Å². The van der Waals surface area contributed by atoms with Gasteiger partial charge >= 0.3 is 0 Å². The Morgan fingerprint density at radius 1 is 0.933 bits per heavy atom. The summed E-state index contributed by atoms with van der Waals surface area (Å²) in [4.78, 5) is 24.6. The maximum absolute atomic E-state index is 12.1. The number of hydrogen-bond acceptors (Lipinski definition) is 5. The first-order valence-electron chi connectivity index (χ1n) is 9.76. The molecule has 0 fully saturated rings. The van der Waals surface area contributed by atoms with Crippen molar-refractivity contribution < 1.29 is 19.1 Å². The molecule has 2 aromatic carbocycles. The fourth-order valence-electron chi connectivity index (χ4n) is 2.68. The molecule has 156 valence electrons. The quantitative estimate of drug-likeness (QED) is 0.445. The second-order valence-corrected chi connectivity index (χ2v) is 7.36. The van der Waals surface area contributed by atoms with Crippen LogP contribution in [-0.2, 0) is 4.79 Å². The summed E-state index contributed by atoms with van der Waals surface area (Å²) in [5.41, 5.74) is 0.696. The normalized spacial score (nSPS) is 10.3. The van der Waals surface area contributed by atoms with Crippen molar-refractivity contribution in [2.75, 3.05) is 18.5 Å². The largest absolute Gasteiger partial charge is 0.494 e. The van der Waals surface area contributed by atoms with Crippen molar-refractivity contribution >= 4 is 28.8 Å². The van der Waals surface area contributed by atoms with E-state index in [-0.39, 0.29) is 11.8 Å². The molecule has 0 bridgehead atoms. The van der Waals surface area contributed by atoms with Crippen LogP contribution in [0.4, 0.5) is 5.69 Å². The summed E-state index contributed by atoms with van der Waals surface area (Å²) in [7, 11) is 0. The van der Waals surface area contributed by atoms with Crippen LogP contribution in [0.3, 0.4) is 0 Å². The molecule has 0 saturated carbocycles. The molecular weight excluding hydrogens is 400 g/mol. The third kappa shape index (κ3) is 6.63. The highest BCUT2D eigenvalue weighted by Gasteiger charge is 2.07. The number of ether oxygens (including phenoxy) is 2. The first-order valence-corrected chi connectivity index (χ1v) is 10.6. The van der Waals surface area contributed by atoms with Crippen molar-refractivity contribution in [1.29, 1.82) is 0 Å². The van der Waals surface area contributed by atoms with Gasteiger partial charge in [-0.2, -0.15) is 0 Å². The van der Waals surface area contributed by atoms with Crippen LogP contribution in [0, 0.1) is 0 Å². The molecule has 0 aliphatic heterocycles. The summed E-state index contributed by atoms with van der Waals surface area (Å²) in [6.45, 7) is 3.02. The lowest BCUT2D eigenvalue weighted by Crippen LogP contribution is -2.24. The van der Waals surface area contributed by atoms with Gasteiger partial charge in [-0.1, -0.05) is 6.07 Å². The highest BCUT2D eigenvalue weighted by molar-refractivity contribution is 7.12. The summed E-state index contributed by atoms with van der Waals surface area (Å²) in [6.07, 6.45) is 0.900. The molecule has 0 spiro atoms. The number of nitrogens with one attached hydrogen (secondary N) is 2. The van der Waals surface area contributed by atoms with Gasteiger partial charge in [-0.05, 0) is 73.3 Å². The third-order valence-electron chi connectivity index (χ3n) is 4.12. The van der Waals surface area contributed by atoms with Gasteiger partial charge in [-0.25, -0.2) is 0 Å². The number of benzene rings is 2. The molecule has 3 aromatic rings. The van der Waals surface area contributed by atoms with E-state index in [0.717, 1.165) is 5.75 Å². The van der Waals surface area contributed by atoms with Crippen molar-refractivity contribution in [3.05, 3.63) is 70.9 Å². The van der Waals surface area contributed by atoms with Gasteiger partial charge in [0.05, 0.1) is 11.5 Å². The molecule has 7 heteroatoms. The lowest BCUT2D eigenvalue weighted by molar-refractivity contribution is -0.116. The monoisotopic (exact) mass is 424 g/mol. The molecule has 0 aliphatic rings. The van der Waals surface area contributed by atoms with Gasteiger partial charge in [0.1, 0.15) is 17.2 Å². The molecule has 1 aromatic heterocycles. The Kier molecular flexibility index (Phi) is 7.86. The Balaban J connectivity index is 1.39. The summed E-state index contributed by atoms with van der Waals surface area (Å²) in [5, 5.41) is 7.52. The first kappa shape index (κ1) is 21.4. The van der Waals surface area contributed by atoms with Crippen LogP contribution < -0.4 is 20.1 Å². The van der Waals surface area contributed by atoms with Crippen LogP contribution in [0.5, 0.6) is 17.2 Å². The SMILES string of the molecule is CCOc1ccc(Oc2ccc(NC(=O)CCCNC(=O)c3cccs3)cc2)cc1. The van der Waals surface area contributed by atoms with Crippen LogP contribution >= 0.6 is 11.3 Å². The highest BCUT2D eigenvalue weighted by atomic mass is 32.1. The molecular formula is C23H24N2O4S. The lowest BCUT2D eigenvalue weighted by Gasteiger charge is -2.09. The van der Waals surface area contributed by atoms with Crippen LogP contribution in [0.2, 0.25) is 0 Å². The predicted molar refractivity (Wildman–Crippen MR) is 119 cm³/mol. The lowest BCUT2D eigenvalue weighted by atomic mass is 10.2. The minimum absolute atomic E-state index is 0.0967. The summed E-state index contributed by atoms with van der Waals surface area (Å²) < 4.78 is 11.2. The van der Waals surface area contributed by atoms with E-state index < -0.39 is 0 Å². The smallest absolute Gasteiger partial charge is 0.261 e. The summed E-state index contributed by atoms with van der Waals surface area (Å²) in [6, 6.07) is 18.2. The maximum atomic E-state index is 12.1. The number of carbonyl (C=O) groups excluding carboxylic acids is 2. The van der Waals surface area contributed by atoms with E-state index in [4.69, 9.17) is 9.47 Å². The second-order valence-electron chi connectivity index (χ2n) is 6.42. The van der Waals surface area contributed by atoms with Crippen molar-refractivity contribution in [3.63, 3.8) is 0 Å². The van der Waals surface area contributed by atoms with Gasteiger partial charge in [0.25, 0.3) is 5.91 Å². The Morgan fingerprint density at radius 2 is 1.60 bits per heavy atom. The average molecular weight is 425 g/mol. The summed E-state index contributed by atoms with van der Waals surface area (Å²) in [5.74, 6) is 1.98. The number of anilines is 1. The van der Waals surface area contributed by atoms with Gasteiger partial charge in [-0.3, -0.25) is 9.59 Å². The number of hydrogen-bond donors (Lipinski definition) is 2. The van der Waals surface area contributed by atoms with Crippen molar-refractivity contribution in [2.24, 2.45) is 0 Å². The van der Waals surface area contributed by atoms with Gasteiger partial charge in [-0.15, -0.1) is 11.3 Å². The zero-order valence-corrected chi connectivity index (χ0v) is 17.5. The maximum Gasteiger partial charge on any atom is 0.261 e. The molecule has 0 unspecified atom stereocenters. The van der Waals surface area contributed by atoms with Crippen molar-refractivity contribution in [3.8, 4) is 17.2 Å². The van der Waals surface area contributed by atoms with Crippen molar-refractivity contribution in [1.82, 2.24) is 5.32 Å². The highest BCUT2D eigenvalue weighted by Crippen LogP contribution is 2.25. The molecule has 0 saturated heterocycles. The number of thiophene rings is 1. The molecule has 3 rings (SSSR count). The van der Waals surface area contributed by atoms with Crippen LogP contribution in [0.15, 0.2) is 66.0 Å². The van der Waals surface area contributed by atoms with Crippen LogP contribution in [-0.4, -0.2) is 25.0 Å². The molecule has 1 heterocycles. The predicted octanol–water partition coefficient (Wildman–Crippen LogP) is 5.09. The van der Waals surface area contributed by atoms with Gasteiger partial charge < -0.3 is 20.1 Å². The Labute approximate surface area is 179 Å². The van der Waals surface area contributed by atoms with Crippen LogP contribution in [0.1, 0.15) is 29.4 Å². The van der Waals surface area contributed by atoms with E-state index in [1.165, 1.54) is 11.3 Å². The fraction of sp³-hybridized carbons (Fsp3) is 0.217. The third-order valence-corrected chi connectivity index (χ3v) is 4.99. The second kappa shape index (κ2) is 11.0. The number of amides is 2. The number of carbonyl (C=O) groups is 2. The van der Waals surface area contributed by atoms with E-state index in [9.17, 15) is 9.59 Å². The minimum Gasteiger partial charge on any atom is -0.494 e. The van der Waals surface area contributed by atoms with Gasteiger partial charge in [0.15, 0.2) is 0 Å². The molecule has 0 aliphatic carbocycles. The molecule has 2 amide bonds. The molecule has 0 radical (unpaired) electrons. The van der Waals surface area contributed by atoms with Crippen LogP contribution in [0.25, 0.3) is 0 Å². The molecule has 6 nitrogen and oxygen atoms in total. The average Bonchev–Trinajstić information content (AvgIpc) is 3.29. The van der Waals surface area contributed by atoms with E-state index in [2.05, 4.69) is 10.6 Å². The first-order chi connectivity index (χ1) is 14.6. The number of rotatable bonds is 10. The Bertz CT molecular complexity index is 938. The standard InChI is InChI=1S/C23H24N2O4S/c1-2-28-18-11-13-20(14-12-18)29-19-9-7-17(8-10-19)25-22(26)6-3-15-24-23(27)21-5-4-16-30-21/h4-5,7-14,16H,2-3,6,15H2,1H3,(H,24,27)(H,25,26). The van der Waals surface area contributed by atoms with E-state index in [1.807, 2.05) is 42.6 Å². The molecule has 2 N–H and O–H groups in total. The molecule has 0 atom stereocenters. The van der Waals surface area contributed by atoms with E-state index in [1.54, 1.807) is 30.3 Å². The fourth-order valence-corrected chi connectivity index (χ4v) is 3.32. The Hall–Kier alpha value is -3.32. The molecule has 30 heavy (non-hydrogen) atoms. The Morgan fingerprint density at radius 3 is 2.23 bits per heavy atom. The zero-order valence-electron chi connectivity index (χ0n) is 16.7. The van der Waals surface area contributed by atoms with Gasteiger partial charge in [0, 0.05) is 18.7 Å². The summed E-state index contributed by atoms with van der Waals surface area (Å²) >= 11 is 1.39. The van der Waals surface area contributed by atoms with E-state index in [0.29, 0.717) is 48.1 Å². The van der Waals surface area contributed by atoms with Crippen molar-refractivity contribution in [2.45, 2.75) is 19.8 Å². The minimum atomic E-state index is -0.103. The topological polar surface area (TPSA) is 76.7 Å². The zero-order chi connectivity index (χ0) is 21.2. The van der Waals surface area contributed by atoms with E-state index >= 15 is 0 Å².